The number of rotatable bonds is 7. The van der Waals surface area contributed by atoms with Crippen molar-refractivity contribution in [3.05, 3.63) is 64.5 Å². The van der Waals surface area contributed by atoms with Gasteiger partial charge in [-0.1, -0.05) is 6.07 Å². The zero-order valence-corrected chi connectivity index (χ0v) is 17.0. The third kappa shape index (κ3) is 5.08. The summed E-state index contributed by atoms with van der Waals surface area (Å²) >= 11 is 3.41. The maximum Gasteiger partial charge on any atom is 0.282 e. The molecule has 0 saturated carbocycles. The zero-order chi connectivity index (χ0) is 20.1. The molecule has 1 unspecified atom stereocenters. The Morgan fingerprint density at radius 1 is 1.07 bits per heavy atom. The molecule has 0 amide bonds. The first-order valence-electron chi connectivity index (χ1n) is 8.72. The second kappa shape index (κ2) is 8.85. The molecule has 0 bridgehead atoms. The van der Waals surface area contributed by atoms with Gasteiger partial charge in [-0.2, -0.15) is 4.98 Å². The Morgan fingerprint density at radius 2 is 1.75 bits per heavy atom. The molecule has 0 radical (unpaired) electrons. The van der Waals surface area contributed by atoms with Gasteiger partial charge in [0.15, 0.2) is 0 Å². The molecule has 0 saturated heterocycles. The Morgan fingerprint density at radius 3 is 2.39 bits per heavy atom. The highest BCUT2D eigenvalue weighted by Crippen LogP contribution is 2.24. The molecule has 0 fully saturated rings. The van der Waals surface area contributed by atoms with Gasteiger partial charge >= 0.3 is 0 Å². The van der Waals surface area contributed by atoms with E-state index in [1.54, 1.807) is 31.3 Å². The summed E-state index contributed by atoms with van der Waals surface area (Å²) in [6.45, 7) is 3.58. The van der Waals surface area contributed by atoms with Crippen molar-refractivity contribution >= 4 is 44.9 Å². The van der Waals surface area contributed by atoms with Crippen LogP contribution in [-0.4, -0.2) is 27.2 Å². The van der Waals surface area contributed by atoms with Crippen LogP contribution < -0.4 is 20.7 Å². The lowest BCUT2D eigenvalue weighted by Gasteiger charge is -2.18. The normalized spacial score (nSPS) is 12.9. The molecule has 3 rings (SSSR count). The van der Waals surface area contributed by atoms with E-state index in [-0.39, 0.29) is 6.04 Å². The molecule has 3 aromatic rings. The fourth-order valence-corrected chi connectivity index (χ4v) is 2.61. The van der Waals surface area contributed by atoms with Gasteiger partial charge in [0, 0.05) is 18.0 Å². The summed E-state index contributed by atoms with van der Waals surface area (Å²) in [6, 6.07) is 12.4. The Bertz CT molecular complexity index is 936. The quantitative estimate of drug-likeness (QED) is 0.325. The van der Waals surface area contributed by atoms with Crippen LogP contribution in [0.3, 0.4) is 0 Å². The average molecular weight is 445 g/mol. The predicted octanol–water partition coefficient (Wildman–Crippen LogP) is 3.54. The lowest BCUT2D eigenvalue weighted by atomic mass is 10.2. The van der Waals surface area contributed by atoms with Gasteiger partial charge in [-0.3, -0.25) is 0 Å². The second-order valence-electron chi connectivity index (χ2n) is 6.30. The lowest BCUT2D eigenvalue weighted by molar-refractivity contribution is -0.590. The molecule has 2 aromatic heterocycles. The maximum absolute atomic E-state index is 11.7. The van der Waals surface area contributed by atoms with Gasteiger partial charge < -0.3 is 20.9 Å². The predicted molar refractivity (Wildman–Crippen MR) is 113 cm³/mol. The fraction of sp³-hybridized carbons (Fsp3) is 0.211. The van der Waals surface area contributed by atoms with Crippen LogP contribution in [-0.2, 0) is 0 Å². The number of hydrogen-bond donors (Lipinski definition) is 4. The molecule has 0 aliphatic carbocycles. The SMILES string of the molecule is CC(Nc1nc(Nc2ccc(Nc3cccc[n+]3[O-])cc2)ncc1Br)[C@@H](C)O. The third-order valence-corrected chi connectivity index (χ3v) is 4.65. The van der Waals surface area contributed by atoms with E-state index in [2.05, 4.69) is 41.8 Å². The van der Waals surface area contributed by atoms with Gasteiger partial charge in [0.05, 0.1) is 22.8 Å². The van der Waals surface area contributed by atoms with E-state index in [4.69, 9.17) is 0 Å². The van der Waals surface area contributed by atoms with Crippen LogP contribution in [0, 0.1) is 5.21 Å². The molecule has 28 heavy (non-hydrogen) atoms. The highest BCUT2D eigenvalue weighted by molar-refractivity contribution is 9.10. The molecule has 4 N–H and O–H groups in total. The van der Waals surface area contributed by atoms with Gasteiger partial charge in [0.2, 0.25) is 5.95 Å². The number of aliphatic hydroxyl groups excluding tert-OH is 1. The summed E-state index contributed by atoms with van der Waals surface area (Å²) in [7, 11) is 0. The monoisotopic (exact) mass is 444 g/mol. The minimum atomic E-state index is -0.518. The highest BCUT2D eigenvalue weighted by atomic mass is 79.9. The van der Waals surface area contributed by atoms with Gasteiger partial charge in [-0.05, 0) is 60.1 Å². The van der Waals surface area contributed by atoms with Crippen molar-refractivity contribution < 1.29 is 9.84 Å². The standard InChI is InChI=1S/C19H21BrN6O2/c1-12(13(2)27)22-18-16(20)11-21-19(25-18)24-15-8-6-14(7-9-15)23-17-5-3-4-10-26(17)28/h3-13,23,27H,1-2H3,(H2,21,22,24,25)/t12?,13-/m1/s1. The molecule has 9 heteroatoms. The smallest absolute Gasteiger partial charge is 0.282 e. The van der Waals surface area contributed by atoms with Crippen molar-refractivity contribution in [2.24, 2.45) is 0 Å². The van der Waals surface area contributed by atoms with Gasteiger partial charge in [0.25, 0.3) is 5.82 Å². The largest absolute Gasteiger partial charge is 0.711 e. The Balaban J connectivity index is 1.69. The summed E-state index contributed by atoms with van der Waals surface area (Å²) in [5.41, 5.74) is 1.58. The molecule has 0 aliphatic heterocycles. The molecule has 0 aliphatic rings. The van der Waals surface area contributed by atoms with E-state index in [1.165, 1.54) is 6.20 Å². The van der Waals surface area contributed by atoms with E-state index >= 15 is 0 Å². The number of anilines is 5. The molecule has 8 nitrogen and oxygen atoms in total. The van der Waals surface area contributed by atoms with Crippen LogP contribution in [0.4, 0.5) is 29.0 Å². The molecular formula is C19H21BrN6O2. The summed E-state index contributed by atoms with van der Waals surface area (Å²) in [6.07, 6.45) is 2.56. The van der Waals surface area contributed by atoms with E-state index in [0.717, 1.165) is 16.1 Å². The summed E-state index contributed by atoms with van der Waals surface area (Å²) in [5.74, 6) is 1.46. The molecule has 2 atom stereocenters. The van der Waals surface area contributed by atoms with Crippen LogP contribution in [0.2, 0.25) is 0 Å². The van der Waals surface area contributed by atoms with Gasteiger partial charge in [-0.25, -0.2) is 15.0 Å². The molecular weight excluding hydrogens is 424 g/mol. The molecule has 2 heterocycles. The zero-order valence-electron chi connectivity index (χ0n) is 15.4. The van der Waals surface area contributed by atoms with E-state index in [1.807, 2.05) is 31.2 Å². The molecule has 0 spiro atoms. The van der Waals surface area contributed by atoms with Crippen molar-refractivity contribution in [3.63, 3.8) is 0 Å². The number of nitrogens with one attached hydrogen (secondary N) is 3. The average Bonchev–Trinajstić information content (AvgIpc) is 2.67. The highest BCUT2D eigenvalue weighted by Gasteiger charge is 2.13. The second-order valence-corrected chi connectivity index (χ2v) is 7.16. The van der Waals surface area contributed by atoms with Crippen molar-refractivity contribution in [1.82, 2.24) is 9.97 Å². The maximum atomic E-state index is 11.7. The number of hydrogen-bond acceptors (Lipinski definition) is 7. The van der Waals surface area contributed by atoms with Crippen LogP contribution in [0.5, 0.6) is 0 Å². The number of pyridine rings is 1. The van der Waals surface area contributed by atoms with E-state index in [0.29, 0.717) is 22.1 Å². The van der Waals surface area contributed by atoms with Crippen LogP contribution in [0.25, 0.3) is 0 Å². The van der Waals surface area contributed by atoms with Crippen LogP contribution in [0.1, 0.15) is 13.8 Å². The summed E-state index contributed by atoms with van der Waals surface area (Å²) in [5, 5.41) is 30.7. The van der Waals surface area contributed by atoms with E-state index < -0.39 is 6.10 Å². The Hall–Kier alpha value is -2.91. The van der Waals surface area contributed by atoms with Crippen molar-refractivity contribution in [3.8, 4) is 0 Å². The fourth-order valence-electron chi connectivity index (χ4n) is 2.30. The van der Waals surface area contributed by atoms with Crippen molar-refractivity contribution in [2.45, 2.75) is 26.0 Å². The van der Waals surface area contributed by atoms with E-state index in [9.17, 15) is 10.3 Å². The Kier molecular flexibility index (Phi) is 6.27. The lowest BCUT2D eigenvalue weighted by Crippen LogP contribution is -2.28. The number of halogens is 1. The minimum Gasteiger partial charge on any atom is -0.711 e. The molecule has 1 aromatic carbocycles. The third-order valence-electron chi connectivity index (χ3n) is 4.07. The van der Waals surface area contributed by atoms with Crippen LogP contribution in [0.15, 0.2) is 59.3 Å². The number of aliphatic hydroxyl groups is 1. The topological polar surface area (TPSA) is 109 Å². The van der Waals surface area contributed by atoms with Crippen molar-refractivity contribution in [2.75, 3.05) is 16.0 Å². The number of benzene rings is 1. The minimum absolute atomic E-state index is 0.161. The van der Waals surface area contributed by atoms with Gasteiger partial charge in [-0.15, -0.1) is 0 Å². The molecule has 146 valence electrons. The summed E-state index contributed by atoms with van der Waals surface area (Å²) in [4.78, 5) is 8.70. The van der Waals surface area contributed by atoms with Gasteiger partial charge in [0.1, 0.15) is 11.5 Å². The van der Waals surface area contributed by atoms with Crippen LogP contribution >= 0.6 is 15.9 Å². The first-order chi connectivity index (χ1) is 13.4. The first-order valence-corrected chi connectivity index (χ1v) is 9.51. The number of aromatic nitrogens is 3. The summed E-state index contributed by atoms with van der Waals surface area (Å²) < 4.78 is 1.48. The Labute approximate surface area is 171 Å². The first kappa shape index (κ1) is 19.8. The van der Waals surface area contributed by atoms with Crippen molar-refractivity contribution in [1.29, 1.82) is 0 Å². The number of nitrogens with zero attached hydrogens (tertiary/aromatic N) is 3.